The Morgan fingerprint density at radius 1 is 1.04 bits per heavy atom. The summed E-state index contributed by atoms with van der Waals surface area (Å²) in [6.45, 7) is 3.32. The second-order valence-electron chi connectivity index (χ2n) is 4.70. The summed E-state index contributed by atoms with van der Waals surface area (Å²) in [7, 11) is 0. The lowest BCUT2D eigenvalue weighted by Crippen LogP contribution is -2.28. The molecular weight excluding hydrogens is 292 g/mol. The number of amides is 1. The molecule has 1 N–H and O–H groups in total. The third-order valence-corrected chi connectivity index (χ3v) is 3.07. The molecule has 0 aliphatic heterocycles. The van der Waals surface area contributed by atoms with E-state index in [2.05, 4.69) is 5.32 Å². The van der Waals surface area contributed by atoms with Gasteiger partial charge in [0.1, 0.15) is 18.1 Å². The first kappa shape index (κ1) is 16.4. The van der Waals surface area contributed by atoms with Crippen LogP contribution in [0, 0.1) is 11.3 Å². The van der Waals surface area contributed by atoms with Crippen LogP contribution in [-0.2, 0) is 0 Å². The molecule has 2 aromatic carbocycles. The number of carbonyl (C=O) groups is 1. The van der Waals surface area contributed by atoms with E-state index in [4.69, 9.17) is 14.7 Å². The van der Waals surface area contributed by atoms with Gasteiger partial charge >= 0.3 is 0 Å². The standard InChI is InChI=1S/C18H18N2O3/c1-2-22-16-7-9-17(10-8-16)23-12-11-20-18(21)15-5-3-14(13-19)4-6-15/h3-10H,2,11-12H2,1H3,(H,20,21). The topological polar surface area (TPSA) is 71.3 Å². The number of nitrogens with zero attached hydrogens (tertiary/aromatic N) is 1. The van der Waals surface area contributed by atoms with Gasteiger partial charge < -0.3 is 14.8 Å². The monoisotopic (exact) mass is 310 g/mol. The van der Waals surface area contributed by atoms with Crippen LogP contribution in [0.4, 0.5) is 0 Å². The first-order valence-electron chi connectivity index (χ1n) is 7.37. The van der Waals surface area contributed by atoms with Gasteiger partial charge in [-0.2, -0.15) is 5.26 Å². The van der Waals surface area contributed by atoms with Crippen LogP contribution in [0.2, 0.25) is 0 Å². The van der Waals surface area contributed by atoms with Gasteiger partial charge in [-0.05, 0) is 55.5 Å². The molecule has 0 saturated heterocycles. The zero-order valence-corrected chi connectivity index (χ0v) is 12.9. The zero-order chi connectivity index (χ0) is 16.5. The number of rotatable bonds is 7. The SMILES string of the molecule is CCOc1ccc(OCCNC(=O)c2ccc(C#N)cc2)cc1. The van der Waals surface area contributed by atoms with Crippen molar-refractivity contribution in [2.45, 2.75) is 6.92 Å². The van der Waals surface area contributed by atoms with Crippen molar-refractivity contribution in [1.82, 2.24) is 5.32 Å². The lowest BCUT2D eigenvalue weighted by molar-refractivity contribution is 0.0947. The molecule has 0 atom stereocenters. The molecule has 2 rings (SSSR count). The Morgan fingerprint density at radius 2 is 1.65 bits per heavy atom. The molecule has 0 aliphatic carbocycles. The van der Waals surface area contributed by atoms with E-state index in [-0.39, 0.29) is 5.91 Å². The molecule has 1 amide bonds. The normalized spacial score (nSPS) is 9.74. The van der Waals surface area contributed by atoms with Crippen LogP contribution in [-0.4, -0.2) is 25.7 Å². The van der Waals surface area contributed by atoms with Gasteiger partial charge in [0.05, 0.1) is 24.8 Å². The van der Waals surface area contributed by atoms with Crippen molar-refractivity contribution in [3.8, 4) is 17.6 Å². The maximum Gasteiger partial charge on any atom is 0.251 e. The van der Waals surface area contributed by atoms with Crippen LogP contribution < -0.4 is 14.8 Å². The first-order valence-corrected chi connectivity index (χ1v) is 7.37. The van der Waals surface area contributed by atoms with Crippen LogP contribution in [0.5, 0.6) is 11.5 Å². The molecule has 0 aliphatic rings. The molecule has 0 fully saturated rings. The summed E-state index contributed by atoms with van der Waals surface area (Å²) in [4.78, 5) is 11.9. The van der Waals surface area contributed by atoms with Gasteiger partial charge in [0, 0.05) is 5.56 Å². The Labute approximate surface area is 135 Å². The predicted octanol–water partition coefficient (Wildman–Crippen LogP) is 2.77. The maximum absolute atomic E-state index is 11.9. The molecule has 0 bridgehead atoms. The van der Waals surface area contributed by atoms with E-state index < -0.39 is 0 Å². The van der Waals surface area contributed by atoms with Gasteiger partial charge in [0.25, 0.3) is 5.91 Å². The van der Waals surface area contributed by atoms with Crippen molar-refractivity contribution < 1.29 is 14.3 Å². The van der Waals surface area contributed by atoms with Crippen molar-refractivity contribution in [3.63, 3.8) is 0 Å². The summed E-state index contributed by atoms with van der Waals surface area (Å²) >= 11 is 0. The molecule has 5 nitrogen and oxygen atoms in total. The highest BCUT2D eigenvalue weighted by Gasteiger charge is 2.04. The number of benzene rings is 2. The lowest BCUT2D eigenvalue weighted by atomic mass is 10.1. The van der Waals surface area contributed by atoms with Crippen LogP contribution in [0.15, 0.2) is 48.5 Å². The smallest absolute Gasteiger partial charge is 0.251 e. The molecule has 0 saturated carbocycles. The molecule has 5 heteroatoms. The molecule has 0 unspecified atom stereocenters. The van der Waals surface area contributed by atoms with Crippen LogP contribution in [0.1, 0.15) is 22.8 Å². The Hall–Kier alpha value is -3.00. The number of hydrogen-bond acceptors (Lipinski definition) is 4. The van der Waals surface area contributed by atoms with E-state index >= 15 is 0 Å². The summed E-state index contributed by atoms with van der Waals surface area (Å²) < 4.78 is 10.9. The zero-order valence-electron chi connectivity index (χ0n) is 12.9. The number of nitrogens with one attached hydrogen (secondary N) is 1. The minimum Gasteiger partial charge on any atom is -0.494 e. The summed E-state index contributed by atoms with van der Waals surface area (Å²) in [6.07, 6.45) is 0. The molecule has 118 valence electrons. The average molecular weight is 310 g/mol. The Balaban J connectivity index is 1.74. The third-order valence-electron chi connectivity index (χ3n) is 3.07. The number of nitriles is 1. The van der Waals surface area contributed by atoms with E-state index in [0.717, 1.165) is 11.5 Å². The van der Waals surface area contributed by atoms with Crippen molar-refractivity contribution in [3.05, 3.63) is 59.7 Å². The Bertz CT molecular complexity index is 673. The number of carbonyl (C=O) groups excluding carboxylic acids is 1. The van der Waals surface area contributed by atoms with Gasteiger partial charge in [0.2, 0.25) is 0 Å². The fourth-order valence-electron chi connectivity index (χ4n) is 1.93. The second-order valence-corrected chi connectivity index (χ2v) is 4.70. The molecule has 0 radical (unpaired) electrons. The van der Waals surface area contributed by atoms with Crippen LogP contribution in [0.25, 0.3) is 0 Å². The van der Waals surface area contributed by atoms with Crippen molar-refractivity contribution in [1.29, 1.82) is 5.26 Å². The van der Waals surface area contributed by atoms with Gasteiger partial charge in [-0.15, -0.1) is 0 Å². The summed E-state index contributed by atoms with van der Waals surface area (Å²) in [5.41, 5.74) is 1.05. The first-order chi connectivity index (χ1) is 11.2. The number of hydrogen-bond donors (Lipinski definition) is 1. The van der Waals surface area contributed by atoms with E-state index in [1.807, 2.05) is 37.3 Å². The Kier molecular flexibility index (Phi) is 6.01. The minimum atomic E-state index is -0.190. The van der Waals surface area contributed by atoms with Gasteiger partial charge in [0.15, 0.2) is 0 Å². The molecule has 2 aromatic rings. The van der Waals surface area contributed by atoms with Gasteiger partial charge in [-0.3, -0.25) is 4.79 Å². The predicted molar refractivity (Wildman–Crippen MR) is 86.6 cm³/mol. The van der Waals surface area contributed by atoms with Crippen LogP contribution >= 0.6 is 0 Å². The van der Waals surface area contributed by atoms with Crippen LogP contribution in [0.3, 0.4) is 0 Å². The van der Waals surface area contributed by atoms with E-state index in [1.54, 1.807) is 24.3 Å². The highest BCUT2D eigenvalue weighted by atomic mass is 16.5. The van der Waals surface area contributed by atoms with E-state index in [9.17, 15) is 4.79 Å². The minimum absolute atomic E-state index is 0.190. The summed E-state index contributed by atoms with van der Waals surface area (Å²) in [5, 5.41) is 11.5. The summed E-state index contributed by atoms with van der Waals surface area (Å²) in [6, 6.07) is 15.8. The molecule has 0 spiro atoms. The quantitative estimate of drug-likeness (QED) is 0.798. The molecular formula is C18H18N2O3. The lowest BCUT2D eigenvalue weighted by Gasteiger charge is -2.09. The maximum atomic E-state index is 11.9. The molecule has 0 aromatic heterocycles. The molecule has 0 heterocycles. The van der Waals surface area contributed by atoms with Crippen molar-refractivity contribution >= 4 is 5.91 Å². The second kappa shape index (κ2) is 8.44. The average Bonchev–Trinajstić information content (AvgIpc) is 2.60. The fourth-order valence-corrected chi connectivity index (χ4v) is 1.93. The summed E-state index contributed by atoms with van der Waals surface area (Å²) in [5.74, 6) is 1.33. The highest BCUT2D eigenvalue weighted by Crippen LogP contribution is 2.17. The van der Waals surface area contributed by atoms with E-state index in [0.29, 0.717) is 30.9 Å². The van der Waals surface area contributed by atoms with Crippen molar-refractivity contribution in [2.75, 3.05) is 19.8 Å². The fraction of sp³-hybridized carbons (Fsp3) is 0.222. The van der Waals surface area contributed by atoms with Gasteiger partial charge in [-0.1, -0.05) is 0 Å². The Morgan fingerprint density at radius 3 is 2.22 bits per heavy atom. The highest BCUT2D eigenvalue weighted by molar-refractivity contribution is 5.94. The number of ether oxygens (including phenoxy) is 2. The third kappa shape index (κ3) is 5.04. The van der Waals surface area contributed by atoms with Crippen molar-refractivity contribution in [2.24, 2.45) is 0 Å². The molecule has 23 heavy (non-hydrogen) atoms. The largest absolute Gasteiger partial charge is 0.494 e. The van der Waals surface area contributed by atoms with E-state index in [1.165, 1.54) is 0 Å². The van der Waals surface area contributed by atoms with Gasteiger partial charge in [-0.25, -0.2) is 0 Å².